The first kappa shape index (κ1) is 22.6. The van der Waals surface area contributed by atoms with E-state index in [2.05, 4.69) is 0 Å². The minimum atomic E-state index is 0.0205. The fraction of sp³-hybridized carbons (Fsp3) is 0.667. The largest absolute Gasteiger partial charge is 0.491 e. The number of rotatable bonds is 18. The number of hydrogen-bond acceptors (Lipinski definition) is 8. The van der Waals surface area contributed by atoms with Crippen LogP contribution >= 0.6 is 0 Å². The maximum Gasteiger partial charge on any atom is 0.123 e. The fourth-order valence-electron chi connectivity index (χ4n) is 1.86. The van der Waals surface area contributed by atoms with Crippen molar-refractivity contribution in [3.05, 3.63) is 24.3 Å². The second-order valence-electron chi connectivity index (χ2n) is 5.07. The zero-order valence-electron chi connectivity index (χ0n) is 15.1. The fourth-order valence-corrected chi connectivity index (χ4v) is 1.86. The van der Waals surface area contributed by atoms with Crippen molar-refractivity contribution in [1.82, 2.24) is 0 Å². The van der Waals surface area contributed by atoms with Crippen LogP contribution in [0.5, 0.6) is 11.5 Å². The molecule has 0 saturated heterocycles. The smallest absolute Gasteiger partial charge is 0.123 e. The van der Waals surface area contributed by atoms with Crippen LogP contribution in [-0.2, 0) is 18.9 Å². The number of aliphatic hydroxyl groups excluding tert-OH is 2. The van der Waals surface area contributed by atoms with Crippen LogP contribution in [-0.4, -0.2) is 89.5 Å². The molecule has 150 valence electrons. The molecule has 0 aliphatic rings. The Labute approximate surface area is 154 Å². The van der Waals surface area contributed by atoms with Gasteiger partial charge in [0.25, 0.3) is 0 Å². The number of hydrogen-bond donors (Lipinski definition) is 2. The van der Waals surface area contributed by atoms with Crippen molar-refractivity contribution in [2.24, 2.45) is 0 Å². The van der Waals surface area contributed by atoms with E-state index in [-0.39, 0.29) is 13.2 Å². The highest BCUT2D eigenvalue weighted by Gasteiger charge is 1.99. The highest BCUT2D eigenvalue weighted by atomic mass is 16.6. The van der Waals surface area contributed by atoms with Crippen molar-refractivity contribution in [2.45, 2.75) is 0 Å². The van der Waals surface area contributed by atoms with Gasteiger partial charge in [-0.05, 0) is 12.1 Å². The molecular weight excluding hydrogens is 344 g/mol. The summed E-state index contributed by atoms with van der Waals surface area (Å²) in [6.07, 6.45) is 0. The first-order valence-corrected chi connectivity index (χ1v) is 8.75. The molecule has 0 bridgehead atoms. The first-order valence-electron chi connectivity index (χ1n) is 8.75. The van der Waals surface area contributed by atoms with E-state index < -0.39 is 0 Å². The third kappa shape index (κ3) is 12.9. The molecule has 1 aromatic carbocycles. The molecular formula is C18H30O8. The Hall–Kier alpha value is -1.42. The van der Waals surface area contributed by atoms with Crippen LogP contribution in [0.1, 0.15) is 0 Å². The van der Waals surface area contributed by atoms with Gasteiger partial charge < -0.3 is 38.6 Å². The monoisotopic (exact) mass is 374 g/mol. The molecule has 1 aromatic rings. The summed E-state index contributed by atoms with van der Waals surface area (Å²) in [4.78, 5) is 0. The van der Waals surface area contributed by atoms with Gasteiger partial charge in [0.1, 0.15) is 24.7 Å². The molecule has 0 aliphatic heterocycles. The summed E-state index contributed by atoms with van der Waals surface area (Å²) in [7, 11) is 0. The second-order valence-corrected chi connectivity index (χ2v) is 5.07. The lowest BCUT2D eigenvalue weighted by Crippen LogP contribution is -2.12. The van der Waals surface area contributed by atoms with E-state index in [1.54, 1.807) is 0 Å². The summed E-state index contributed by atoms with van der Waals surface area (Å²) in [6.45, 7) is 4.33. The second kappa shape index (κ2) is 17.0. The molecule has 1 rings (SSSR count). The van der Waals surface area contributed by atoms with Gasteiger partial charge in [0, 0.05) is 6.07 Å². The van der Waals surface area contributed by atoms with Crippen LogP contribution in [0.25, 0.3) is 0 Å². The van der Waals surface area contributed by atoms with Crippen LogP contribution in [0.4, 0.5) is 0 Å². The summed E-state index contributed by atoms with van der Waals surface area (Å²) in [5.41, 5.74) is 0. The topological polar surface area (TPSA) is 95.8 Å². The van der Waals surface area contributed by atoms with E-state index >= 15 is 0 Å². The van der Waals surface area contributed by atoms with Crippen molar-refractivity contribution >= 4 is 0 Å². The minimum Gasteiger partial charge on any atom is -0.491 e. The van der Waals surface area contributed by atoms with Crippen molar-refractivity contribution in [2.75, 3.05) is 79.3 Å². The van der Waals surface area contributed by atoms with Crippen LogP contribution < -0.4 is 9.47 Å². The van der Waals surface area contributed by atoms with Gasteiger partial charge in [-0.3, -0.25) is 0 Å². The Morgan fingerprint density at radius 3 is 1.35 bits per heavy atom. The Morgan fingerprint density at radius 1 is 0.538 bits per heavy atom. The summed E-state index contributed by atoms with van der Waals surface area (Å²) >= 11 is 0. The van der Waals surface area contributed by atoms with Crippen molar-refractivity contribution in [1.29, 1.82) is 0 Å². The van der Waals surface area contributed by atoms with Gasteiger partial charge in [-0.1, -0.05) is 6.07 Å². The Bertz CT molecular complexity index is 394. The molecule has 8 heteroatoms. The molecule has 2 N–H and O–H groups in total. The Kier molecular flexibility index (Phi) is 14.8. The average Bonchev–Trinajstić information content (AvgIpc) is 2.66. The molecule has 0 fully saturated rings. The first-order chi connectivity index (χ1) is 12.9. The maximum atomic E-state index is 8.56. The standard InChI is InChI=1S/C18H30O8/c19-4-6-21-8-10-23-12-14-25-17-2-1-3-18(16-17)26-15-13-24-11-9-22-7-5-20/h1-3,16,19-20H,4-15H2. The van der Waals surface area contributed by atoms with Gasteiger partial charge in [-0.25, -0.2) is 0 Å². The molecule has 0 unspecified atom stereocenters. The minimum absolute atomic E-state index is 0.0205. The number of benzene rings is 1. The molecule has 26 heavy (non-hydrogen) atoms. The number of ether oxygens (including phenoxy) is 6. The lowest BCUT2D eigenvalue weighted by Gasteiger charge is -2.10. The maximum absolute atomic E-state index is 8.56. The van der Waals surface area contributed by atoms with Gasteiger partial charge in [0.05, 0.1) is 66.1 Å². The molecule has 0 atom stereocenters. The van der Waals surface area contributed by atoms with E-state index in [0.29, 0.717) is 77.6 Å². The van der Waals surface area contributed by atoms with E-state index in [4.69, 9.17) is 38.6 Å². The van der Waals surface area contributed by atoms with Crippen molar-refractivity contribution < 1.29 is 38.6 Å². The summed E-state index contributed by atoms with van der Waals surface area (Å²) in [6, 6.07) is 7.38. The van der Waals surface area contributed by atoms with Crippen LogP contribution in [0.3, 0.4) is 0 Å². The summed E-state index contributed by atoms with van der Waals surface area (Å²) in [5, 5.41) is 17.1. The molecule has 8 nitrogen and oxygen atoms in total. The third-order valence-corrected chi connectivity index (χ3v) is 3.01. The molecule has 0 amide bonds. The van der Waals surface area contributed by atoms with Crippen molar-refractivity contribution in [3.63, 3.8) is 0 Å². The van der Waals surface area contributed by atoms with Gasteiger partial charge in [0.15, 0.2) is 0 Å². The lowest BCUT2D eigenvalue weighted by molar-refractivity contribution is 0.0241. The molecule has 0 heterocycles. The Balaban J connectivity index is 2.03. The highest BCUT2D eigenvalue weighted by Crippen LogP contribution is 2.19. The van der Waals surface area contributed by atoms with Crippen molar-refractivity contribution in [3.8, 4) is 11.5 Å². The van der Waals surface area contributed by atoms with Crippen LogP contribution in [0, 0.1) is 0 Å². The van der Waals surface area contributed by atoms with Gasteiger partial charge in [0.2, 0.25) is 0 Å². The predicted octanol–water partition coefficient (Wildman–Crippen LogP) is 0.495. The zero-order chi connectivity index (χ0) is 18.7. The number of aliphatic hydroxyl groups is 2. The predicted molar refractivity (Wildman–Crippen MR) is 94.9 cm³/mol. The molecule has 0 aromatic heterocycles. The normalized spacial score (nSPS) is 10.8. The van der Waals surface area contributed by atoms with Gasteiger partial charge in [-0.15, -0.1) is 0 Å². The van der Waals surface area contributed by atoms with Crippen LogP contribution in [0.2, 0.25) is 0 Å². The van der Waals surface area contributed by atoms with Crippen LogP contribution in [0.15, 0.2) is 24.3 Å². The zero-order valence-corrected chi connectivity index (χ0v) is 15.1. The Morgan fingerprint density at radius 2 is 0.923 bits per heavy atom. The third-order valence-electron chi connectivity index (χ3n) is 3.01. The lowest BCUT2D eigenvalue weighted by atomic mass is 10.3. The summed E-state index contributed by atoms with van der Waals surface area (Å²) in [5.74, 6) is 1.42. The molecule has 0 aliphatic carbocycles. The molecule has 0 saturated carbocycles. The van der Waals surface area contributed by atoms with E-state index in [9.17, 15) is 0 Å². The van der Waals surface area contributed by atoms with E-state index in [1.807, 2.05) is 24.3 Å². The quantitative estimate of drug-likeness (QED) is 0.359. The molecule has 0 spiro atoms. The highest BCUT2D eigenvalue weighted by molar-refractivity contribution is 5.32. The SMILES string of the molecule is OCCOCCOCCOc1cccc(OCCOCCOCCO)c1. The average molecular weight is 374 g/mol. The summed E-state index contributed by atoms with van der Waals surface area (Å²) < 4.78 is 32.1. The molecule has 0 radical (unpaired) electrons. The van der Waals surface area contributed by atoms with Gasteiger partial charge in [-0.2, -0.15) is 0 Å². The van der Waals surface area contributed by atoms with Gasteiger partial charge >= 0.3 is 0 Å². The van der Waals surface area contributed by atoms with E-state index in [0.717, 1.165) is 0 Å². The van der Waals surface area contributed by atoms with E-state index in [1.165, 1.54) is 0 Å².